The Balaban J connectivity index is 3.11. The maximum atomic E-state index is 13.3. The lowest BCUT2D eigenvalue weighted by Gasteiger charge is -2.17. The molecule has 1 aromatic carbocycles. The minimum absolute atomic E-state index is 0.233. The zero-order valence-corrected chi connectivity index (χ0v) is 11.6. The Morgan fingerprint density at radius 1 is 1.31 bits per heavy atom. The van der Waals surface area contributed by atoms with E-state index in [1.165, 1.54) is 12.1 Å². The lowest BCUT2D eigenvalue weighted by Crippen LogP contribution is -2.11. The summed E-state index contributed by atoms with van der Waals surface area (Å²) >= 11 is 3.03. The summed E-state index contributed by atoms with van der Waals surface area (Å²) in [6, 6.07) is 4.17. The summed E-state index contributed by atoms with van der Waals surface area (Å²) in [5.41, 5.74) is 0. The van der Waals surface area contributed by atoms with Crippen LogP contribution in [-0.4, -0.2) is 13.2 Å². The quantitative estimate of drug-likeness (QED) is 0.781. The average Bonchev–Trinajstić information content (AvgIpc) is 2.22. The van der Waals surface area contributed by atoms with Crippen molar-refractivity contribution in [3.63, 3.8) is 0 Å². The zero-order valence-electron chi connectivity index (χ0n) is 9.07. The molecule has 0 N–H and O–H groups in total. The summed E-state index contributed by atoms with van der Waals surface area (Å²) in [6.45, 7) is 3.91. The van der Waals surface area contributed by atoms with Gasteiger partial charge in [0.1, 0.15) is 5.82 Å². The van der Waals surface area contributed by atoms with Crippen molar-refractivity contribution in [2.75, 3.05) is 13.2 Å². The predicted octanol–water partition coefficient (Wildman–Crippen LogP) is 3.48. The van der Waals surface area contributed by atoms with Crippen molar-refractivity contribution in [2.45, 2.75) is 13.8 Å². The highest BCUT2D eigenvalue weighted by molar-refractivity contribution is 9.10. The van der Waals surface area contributed by atoms with Gasteiger partial charge in [-0.3, -0.25) is 4.57 Å². The fourth-order valence-electron chi connectivity index (χ4n) is 1.18. The normalized spacial score (nSPS) is 11.8. The lowest BCUT2D eigenvalue weighted by atomic mass is 10.3. The van der Waals surface area contributed by atoms with Gasteiger partial charge in [0.2, 0.25) is 0 Å². The molecule has 6 heteroatoms. The van der Waals surface area contributed by atoms with E-state index in [1.807, 2.05) is 0 Å². The third kappa shape index (κ3) is 3.14. The standard InChI is InChI=1S/C10H13BrFO3P/c1-3-14-16(13,15-4-2)8-5-6-9(11)10(12)7-8/h5-7H,3-4H2,1-2H3. The van der Waals surface area contributed by atoms with Gasteiger partial charge >= 0.3 is 7.60 Å². The molecule has 0 aliphatic heterocycles. The summed E-state index contributed by atoms with van der Waals surface area (Å²) < 4.78 is 36.1. The second kappa shape index (κ2) is 5.92. The van der Waals surface area contributed by atoms with Crippen LogP contribution in [0.25, 0.3) is 0 Å². The van der Waals surface area contributed by atoms with Crippen LogP contribution in [0.4, 0.5) is 4.39 Å². The first-order valence-electron chi connectivity index (χ1n) is 4.88. The number of hydrogen-bond donors (Lipinski definition) is 0. The van der Waals surface area contributed by atoms with Crippen LogP contribution in [0.15, 0.2) is 22.7 Å². The van der Waals surface area contributed by atoms with Gasteiger partial charge in [0, 0.05) is 0 Å². The number of hydrogen-bond acceptors (Lipinski definition) is 3. The number of halogens is 2. The second-order valence-corrected chi connectivity index (χ2v) is 5.81. The van der Waals surface area contributed by atoms with Gasteiger partial charge in [0.25, 0.3) is 0 Å². The number of benzene rings is 1. The Hall–Kier alpha value is -0.220. The van der Waals surface area contributed by atoms with Gasteiger partial charge in [-0.15, -0.1) is 0 Å². The fraction of sp³-hybridized carbons (Fsp3) is 0.400. The van der Waals surface area contributed by atoms with Crippen molar-refractivity contribution < 1.29 is 18.0 Å². The topological polar surface area (TPSA) is 35.5 Å². The monoisotopic (exact) mass is 310 g/mol. The van der Waals surface area contributed by atoms with Crippen molar-refractivity contribution in [1.82, 2.24) is 0 Å². The molecule has 0 atom stereocenters. The van der Waals surface area contributed by atoms with E-state index in [4.69, 9.17) is 9.05 Å². The molecule has 0 aliphatic carbocycles. The molecule has 0 aromatic heterocycles. The highest BCUT2D eigenvalue weighted by Crippen LogP contribution is 2.47. The maximum Gasteiger partial charge on any atom is 0.361 e. The Morgan fingerprint density at radius 3 is 2.31 bits per heavy atom. The fourth-order valence-corrected chi connectivity index (χ4v) is 3.01. The minimum atomic E-state index is -3.38. The van der Waals surface area contributed by atoms with Crippen LogP contribution in [0, 0.1) is 5.82 Å². The highest BCUT2D eigenvalue weighted by atomic mass is 79.9. The Bertz CT molecular complexity index is 401. The van der Waals surface area contributed by atoms with E-state index in [-0.39, 0.29) is 18.5 Å². The Labute approximate surface area is 103 Å². The zero-order chi connectivity index (χ0) is 12.2. The van der Waals surface area contributed by atoms with Gasteiger partial charge < -0.3 is 9.05 Å². The van der Waals surface area contributed by atoms with Crippen molar-refractivity contribution in [1.29, 1.82) is 0 Å². The molecule has 0 fully saturated rings. The lowest BCUT2D eigenvalue weighted by molar-refractivity contribution is 0.230. The second-order valence-electron chi connectivity index (χ2n) is 2.93. The van der Waals surface area contributed by atoms with Crippen molar-refractivity contribution >= 4 is 28.8 Å². The molecule has 0 bridgehead atoms. The van der Waals surface area contributed by atoms with Crippen LogP contribution in [0.3, 0.4) is 0 Å². The maximum absolute atomic E-state index is 13.3. The molecule has 16 heavy (non-hydrogen) atoms. The van der Waals surface area contributed by atoms with Crippen LogP contribution in [0.1, 0.15) is 13.8 Å². The molecular formula is C10H13BrFO3P. The van der Waals surface area contributed by atoms with Gasteiger partial charge in [-0.1, -0.05) is 0 Å². The van der Waals surface area contributed by atoms with Gasteiger partial charge in [-0.2, -0.15) is 0 Å². The van der Waals surface area contributed by atoms with Gasteiger partial charge in [-0.25, -0.2) is 4.39 Å². The third-order valence-electron chi connectivity index (χ3n) is 1.82. The van der Waals surface area contributed by atoms with Gasteiger partial charge in [0.15, 0.2) is 0 Å². The van der Waals surface area contributed by atoms with Crippen LogP contribution < -0.4 is 5.30 Å². The molecule has 0 aliphatic rings. The van der Waals surface area contributed by atoms with Crippen LogP contribution in [0.2, 0.25) is 0 Å². The Morgan fingerprint density at radius 2 is 1.88 bits per heavy atom. The molecular weight excluding hydrogens is 298 g/mol. The Kier molecular flexibility index (Phi) is 5.12. The van der Waals surface area contributed by atoms with E-state index in [9.17, 15) is 8.96 Å². The van der Waals surface area contributed by atoms with Crippen molar-refractivity contribution in [3.8, 4) is 0 Å². The molecule has 1 rings (SSSR count). The molecule has 90 valence electrons. The van der Waals surface area contributed by atoms with E-state index in [1.54, 1.807) is 13.8 Å². The molecule has 0 saturated heterocycles. The molecule has 0 heterocycles. The number of rotatable bonds is 5. The molecule has 0 amide bonds. The molecule has 0 saturated carbocycles. The summed E-state index contributed by atoms with van der Waals surface area (Å²) in [5, 5.41) is 0.233. The van der Waals surface area contributed by atoms with Crippen molar-refractivity contribution in [2.24, 2.45) is 0 Å². The average molecular weight is 311 g/mol. The van der Waals surface area contributed by atoms with E-state index in [0.29, 0.717) is 4.47 Å². The molecule has 0 unspecified atom stereocenters. The van der Waals surface area contributed by atoms with E-state index in [2.05, 4.69) is 15.9 Å². The highest BCUT2D eigenvalue weighted by Gasteiger charge is 2.27. The predicted molar refractivity (Wildman–Crippen MR) is 64.6 cm³/mol. The van der Waals surface area contributed by atoms with E-state index in [0.717, 1.165) is 6.07 Å². The van der Waals surface area contributed by atoms with Gasteiger partial charge in [-0.05, 0) is 48.0 Å². The molecule has 3 nitrogen and oxygen atoms in total. The van der Waals surface area contributed by atoms with Crippen LogP contribution in [-0.2, 0) is 13.6 Å². The summed E-state index contributed by atoms with van der Waals surface area (Å²) in [6.07, 6.45) is 0. The van der Waals surface area contributed by atoms with Crippen LogP contribution in [0.5, 0.6) is 0 Å². The SMILES string of the molecule is CCOP(=O)(OCC)c1ccc(Br)c(F)c1. The summed E-state index contributed by atoms with van der Waals surface area (Å²) in [7, 11) is -3.38. The first kappa shape index (κ1) is 13.8. The van der Waals surface area contributed by atoms with Crippen molar-refractivity contribution in [3.05, 3.63) is 28.5 Å². The van der Waals surface area contributed by atoms with E-state index >= 15 is 0 Å². The third-order valence-corrected chi connectivity index (χ3v) is 4.57. The smallest absolute Gasteiger partial charge is 0.305 e. The first-order chi connectivity index (χ1) is 7.53. The van der Waals surface area contributed by atoms with Gasteiger partial charge in [0.05, 0.1) is 23.0 Å². The van der Waals surface area contributed by atoms with Crippen LogP contribution >= 0.6 is 23.5 Å². The largest absolute Gasteiger partial charge is 0.361 e. The molecule has 0 radical (unpaired) electrons. The molecule has 0 spiro atoms. The molecule has 1 aromatic rings. The summed E-state index contributed by atoms with van der Waals surface area (Å²) in [5.74, 6) is -0.489. The van der Waals surface area contributed by atoms with E-state index < -0.39 is 13.4 Å². The first-order valence-corrected chi connectivity index (χ1v) is 7.21. The summed E-state index contributed by atoms with van der Waals surface area (Å²) in [4.78, 5) is 0. The minimum Gasteiger partial charge on any atom is -0.305 e.